The van der Waals surface area contributed by atoms with Gasteiger partial charge in [0.2, 0.25) is 5.91 Å². The van der Waals surface area contributed by atoms with Crippen molar-refractivity contribution in [1.82, 2.24) is 30.1 Å². The third-order valence-corrected chi connectivity index (χ3v) is 9.47. The Morgan fingerprint density at radius 1 is 0.955 bits per heavy atom. The Kier molecular flexibility index (Phi) is 8.14. The molecule has 3 aromatic rings. The number of aromatic nitrogens is 3. The summed E-state index contributed by atoms with van der Waals surface area (Å²) in [6.07, 6.45) is 5.30. The number of nitrogens with zero attached hydrogens (tertiary/aromatic N) is 5. The fourth-order valence-electron chi connectivity index (χ4n) is 6.92. The number of rotatable bonds is 6. The lowest BCUT2D eigenvalue weighted by Crippen LogP contribution is -2.43. The van der Waals surface area contributed by atoms with Crippen LogP contribution in [0, 0.1) is 5.41 Å². The molecule has 232 valence electrons. The number of carbonyl (C=O) groups is 2. The summed E-state index contributed by atoms with van der Waals surface area (Å²) in [5, 5.41) is 13.9. The molecule has 0 bridgehead atoms. The monoisotopic (exact) mass is 608 g/mol. The van der Waals surface area contributed by atoms with Gasteiger partial charge in [-0.3, -0.25) is 19.5 Å². The molecule has 2 N–H and O–H groups in total. The van der Waals surface area contributed by atoms with Crippen molar-refractivity contribution in [1.29, 1.82) is 0 Å². The molecule has 9 nitrogen and oxygen atoms in total. The van der Waals surface area contributed by atoms with Crippen molar-refractivity contribution in [2.45, 2.75) is 56.3 Å². The zero-order valence-corrected chi connectivity index (χ0v) is 24.3. The zero-order valence-electron chi connectivity index (χ0n) is 24.3. The molecule has 1 unspecified atom stereocenters. The van der Waals surface area contributed by atoms with Gasteiger partial charge in [0.15, 0.2) is 5.82 Å². The summed E-state index contributed by atoms with van der Waals surface area (Å²) in [6.45, 7) is 2.73. The average Bonchev–Trinajstić information content (AvgIpc) is 3.66. The van der Waals surface area contributed by atoms with Gasteiger partial charge in [-0.1, -0.05) is 6.07 Å². The van der Waals surface area contributed by atoms with E-state index in [9.17, 15) is 27.9 Å². The maximum absolute atomic E-state index is 13.0. The van der Waals surface area contributed by atoms with Crippen LogP contribution in [0.15, 0.2) is 61.1 Å². The summed E-state index contributed by atoms with van der Waals surface area (Å²) in [5.41, 5.74) is -0.554. The average molecular weight is 609 g/mol. The normalized spacial score (nSPS) is 25.8. The van der Waals surface area contributed by atoms with Crippen molar-refractivity contribution in [2.24, 2.45) is 5.41 Å². The number of benzene rings is 1. The smallest absolute Gasteiger partial charge is 0.384 e. The largest absolute Gasteiger partial charge is 0.416 e. The van der Waals surface area contributed by atoms with Crippen molar-refractivity contribution < 1.29 is 27.9 Å². The number of aliphatic hydroxyl groups is 1. The molecule has 1 saturated carbocycles. The topological polar surface area (TPSA) is 112 Å². The van der Waals surface area contributed by atoms with Gasteiger partial charge in [-0.15, -0.1) is 0 Å². The molecular formula is C32H35F3N6O3. The standard InChI is InChI=1S/C32H35F3N6O3/c33-32(34,35)24-4-1-3-22(17-24)29(43)39-19-27(42)41-16-12-30(21-41)11-15-40(20-30)25-7-9-31(44,10-8-25)26-6-5-23(18-38-26)28-36-13-2-14-37-28/h1-6,13-14,17-18,25,44H,7-12,15-16,19-21H2,(H,39,43). The maximum atomic E-state index is 13.0. The molecule has 6 rings (SSSR count). The van der Waals surface area contributed by atoms with E-state index < -0.39 is 23.2 Å². The van der Waals surface area contributed by atoms with Crippen molar-refractivity contribution in [3.63, 3.8) is 0 Å². The van der Waals surface area contributed by atoms with Crippen LogP contribution >= 0.6 is 0 Å². The summed E-state index contributed by atoms with van der Waals surface area (Å²) in [6, 6.07) is 10.0. The molecule has 12 heteroatoms. The molecule has 3 aliphatic rings. The van der Waals surface area contributed by atoms with Gasteiger partial charge >= 0.3 is 6.18 Å². The van der Waals surface area contributed by atoms with Gasteiger partial charge in [0.05, 0.1) is 17.8 Å². The van der Waals surface area contributed by atoms with Crippen LogP contribution in [-0.4, -0.2) is 80.4 Å². The van der Waals surface area contributed by atoms with E-state index >= 15 is 0 Å². The second kappa shape index (κ2) is 11.9. The van der Waals surface area contributed by atoms with Gasteiger partial charge < -0.3 is 15.3 Å². The molecule has 1 aromatic carbocycles. The molecule has 44 heavy (non-hydrogen) atoms. The predicted octanol–water partition coefficient (Wildman–Crippen LogP) is 4.04. The Balaban J connectivity index is 0.982. The van der Waals surface area contributed by atoms with Crippen LogP contribution in [0.5, 0.6) is 0 Å². The maximum Gasteiger partial charge on any atom is 0.416 e. The van der Waals surface area contributed by atoms with Gasteiger partial charge in [0, 0.05) is 60.8 Å². The summed E-state index contributed by atoms with van der Waals surface area (Å²) in [4.78, 5) is 42.7. The Labute approximate surface area is 253 Å². The fraction of sp³-hybridized carbons (Fsp3) is 0.469. The second-order valence-electron chi connectivity index (χ2n) is 12.3. The molecule has 2 saturated heterocycles. The predicted molar refractivity (Wildman–Crippen MR) is 155 cm³/mol. The number of likely N-dealkylation sites (tertiary alicyclic amines) is 2. The Morgan fingerprint density at radius 3 is 2.41 bits per heavy atom. The van der Waals surface area contributed by atoms with E-state index in [0.717, 1.165) is 56.5 Å². The lowest BCUT2D eigenvalue weighted by Gasteiger charge is -2.39. The number of pyridine rings is 1. The van der Waals surface area contributed by atoms with E-state index in [4.69, 9.17) is 0 Å². The second-order valence-corrected chi connectivity index (χ2v) is 12.3. The number of nitrogens with one attached hydrogen (secondary N) is 1. The molecule has 4 heterocycles. The summed E-state index contributed by atoms with van der Waals surface area (Å²) >= 11 is 0. The highest BCUT2D eigenvalue weighted by Crippen LogP contribution is 2.44. The molecular weight excluding hydrogens is 573 g/mol. The summed E-state index contributed by atoms with van der Waals surface area (Å²) in [7, 11) is 0. The summed E-state index contributed by atoms with van der Waals surface area (Å²) in [5.74, 6) is -0.350. The van der Waals surface area contributed by atoms with E-state index in [2.05, 4.69) is 25.2 Å². The minimum absolute atomic E-state index is 0.00858. The van der Waals surface area contributed by atoms with Gasteiger partial charge in [-0.2, -0.15) is 13.2 Å². The Hall–Kier alpha value is -3.90. The number of alkyl halides is 3. The molecule has 3 fully saturated rings. The van der Waals surface area contributed by atoms with Crippen molar-refractivity contribution in [3.8, 4) is 11.4 Å². The number of hydrogen-bond donors (Lipinski definition) is 2. The van der Waals surface area contributed by atoms with E-state index in [1.165, 1.54) is 12.1 Å². The lowest BCUT2D eigenvalue weighted by molar-refractivity contribution is -0.137. The van der Waals surface area contributed by atoms with E-state index in [1.807, 2.05) is 12.1 Å². The molecule has 2 aromatic heterocycles. The minimum atomic E-state index is -4.55. The van der Waals surface area contributed by atoms with Crippen molar-refractivity contribution in [2.75, 3.05) is 32.7 Å². The molecule has 1 spiro atoms. The number of carbonyl (C=O) groups excluding carboxylic acids is 2. The number of halogens is 3. The first kappa shape index (κ1) is 30.1. The zero-order chi connectivity index (χ0) is 31.0. The first-order valence-electron chi connectivity index (χ1n) is 15.0. The van der Waals surface area contributed by atoms with Gasteiger partial charge in [0.25, 0.3) is 5.91 Å². The SMILES string of the molecule is O=C(NCC(=O)N1CCC2(CCN(C3CCC(O)(c4ccc(-c5ncccn5)cn4)CC3)C2)C1)c1cccc(C(F)(F)F)c1. The number of amides is 2. The van der Waals surface area contributed by atoms with Crippen LogP contribution in [0.4, 0.5) is 13.2 Å². The van der Waals surface area contributed by atoms with Crippen LogP contribution in [0.3, 0.4) is 0 Å². The Morgan fingerprint density at radius 2 is 1.70 bits per heavy atom. The molecule has 2 amide bonds. The van der Waals surface area contributed by atoms with Crippen LogP contribution in [0.2, 0.25) is 0 Å². The quantitative estimate of drug-likeness (QED) is 0.435. The molecule has 1 atom stereocenters. The highest BCUT2D eigenvalue weighted by Gasteiger charge is 2.47. The van der Waals surface area contributed by atoms with Crippen molar-refractivity contribution in [3.05, 3.63) is 77.9 Å². The third kappa shape index (κ3) is 6.32. The fourth-order valence-corrected chi connectivity index (χ4v) is 6.92. The third-order valence-electron chi connectivity index (χ3n) is 9.47. The van der Waals surface area contributed by atoms with Crippen LogP contribution < -0.4 is 5.32 Å². The van der Waals surface area contributed by atoms with Crippen LogP contribution in [0.25, 0.3) is 11.4 Å². The number of hydrogen-bond acceptors (Lipinski definition) is 7. The highest BCUT2D eigenvalue weighted by atomic mass is 19.4. The van der Waals surface area contributed by atoms with Crippen LogP contribution in [-0.2, 0) is 16.6 Å². The van der Waals surface area contributed by atoms with Crippen LogP contribution in [0.1, 0.15) is 60.1 Å². The molecule has 1 aliphatic carbocycles. The lowest BCUT2D eigenvalue weighted by atomic mass is 9.79. The van der Waals surface area contributed by atoms with Gasteiger partial charge in [-0.05, 0) is 81.5 Å². The van der Waals surface area contributed by atoms with Crippen molar-refractivity contribution >= 4 is 11.8 Å². The molecule has 0 radical (unpaired) electrons. The van der Waals surface area contributed by atoms with Gasteiger partial charge in [-0.25, -0.2) is 9.97 Å². The summed E-state index contributed by atoms with van der Waals surface area (Å²) < 4.78 is 39.0. The minimum Gasteiger partial charge on any atom is -0.384 e. The van der Waals surface area contributed by atoms with Gasteiger partial charge in [0.1, 0.15) is 5.60 Å². The Bertz CT molecular complexity index is 1500. The van der Waals surface area contributed by atoms with E-state index in [-0.39, 0.29) is 23.4 Å². The van der Waals surface area contributed by atoms with E-state index in [1.54, 1.807) is 29.6 Å². The van der Waals surface area contributed by atoms with E-state index in [0.29, 0.717) is 43.5 Å². The first-order valence-corrected chi connectivity index (χ1v) is 15.0. The molecule has 2 aliphatic heterocycles. The first-order chi connectivity index (χ1) is 21.0. The highest BCUT2D eigenvalue weighted by molar-refractivity contribution is 5.96.